The molecular formula is C22H29NO4. The Morgan fingerprint density at radius 2 is 2.00 bits per heavy atom. The lowest BCUT2D eigenvalue weighted by molar-refractivity contribution is -0.117. The van der Waals surface area contributed by atoms with Gasteiger partial charge in [0.1, 0.15) is 12.6 Å². The fourth-order valence-electron chi connectivity index (χ4n) is 2.31. The molecule has 1 unspecified atom stereocenters. The summed E-state index contributed by atoms with van der Waals surface area (Å²) in [5.74, 6) is 5.78. The molecular weight excluding hydrogens is 342 g/mol. The minimum Gasteiger partial charge on any atom is -0.445 e. The van der Waals surface area contributed by atoms with Crippen LogP contribution in [0.4, 0.5) is 4.79 Å². The highest BCUT2D eigenvalue weighted by molar-refractivity contribution is 5.87. The van der Waals surface area contributed by atoms with Gasteiger partial charge in [0.25, 0.3) is 0 Å². The third kappa shape index (κ3) is 10.2. The van der Waals surface area contributed by atoms with Crippen LogP contribution < -0.4 is 5.32 Å². The Labute approximate surface area is 161 Å². The number of unbranched alkanes of at least 4 members (excludes halogenated alkanes) is 1. The van der Waals surface area contributed by atoms with Crippen LogP contribution in [0.1, 0.15) is 52.0 Å². The highest BCUT2D eigenvalue weighted by Crippen LogP contribution is 2.15. The Balaban J connectivity index is 2.52. The molecule has 0 aliphatic heterocycles. The second-order valence-corrected chi connectivity index (χ2v) is 6.57. The predicted octanol–water partition coefficient (Wildman–Crippen LogP) is 3.76. The minimum atomic E-state index is -1.07. The summed E-state index contributed by atoms with van der Waals surface area (Å²) in [6, 6.07) is 8.43. The van der Waals surface area contributed by atoms with E-state index in [0.717, 1.165) is 24.8 Å². The first-order valence-corrected chi connectivity index (χ1v) is 9.19. The van der Waals surface area contributed by atoms with Gasteiger partial charge < -0.3 is 15.2 Å². The molecule has 0 saturated heterocycles. The van der Waals surface area contributed by atoms with Crippen LogP contribution in [0.15, 0.2) is 42.5 Å². The number of hydrogen-bond donors (Lipinski definition) is 2. The Kier molecular flexibility index (Phi) is 9.92. The number of alkyl carbamates (subject to hydrolysis) is 1. The molecule has 0 aliphatic rings. The van der Waals surface area contributed by atoms with Crippen molar-refractivity contribution in [3.05, 3.63) is 48.0 Å². The number of amides is 1. The van der Waals surface area contributed by atoms with E-state index in [-0.39, 0.29) is 12.4 Å². The number of carbonyl (C=O) groups is 2. The second kappa shape index (κ2) is 11.9. The maximum atomic E-state index is 11.9. The number of benzene rings is 1. The Morgan fingerprint density at radius 3 is 2.63 bits per heavy atom. The molecule has 0 radical (unpaired) electrons. The Morgan fingerprint density at radius 1 is 1.30 bits per heavy atom. The lowest BCUT2D eigenvalue weighted by Crippen LogP contribution is -2.39. The van der Waals surface area contributed by atoms with Gasteiger partial charge in [0, 0.05) is 12.8 Å². The van der Waals surface area contributed by atoms with Crippen molar-refractivity contribution < 1.29 is 19.4 Å². The van der Waals surface area contributed by atoms with Crippen LogP contribution in [-0.4, -0.2) is 28.6 Å². The average Bonchev–Trinajstić information content (AvgIpc) is 2.64. The molecule has 0 saturated carbocycles. The van der Waals surface area contributed by atoms with Crippen molar-refractivity contribution in [2.75, 3.05) is 0 Å². The van der Waals surface area contributed by atoms with E-state index in [4.69, 9.17) is 4.74 Å². The first-order chi connectivity index (χ1) is 12.8. The van der Waals surface area contributed by atoms with Gasteiger partial charge in [0.15, 0.2) is 5.78 Å². The van der Waals surface area contributed by atoms with Gasteiger partial charge in [-0.25, -0.2) is 4.79 Å². The van der Waals surface area contributed by atoms with Crippen molar-refractivity contribution in [1.29, 1.82) is 0 Å². The smallest absolute Gasteiger partial charge is 0.408 e. The maximum Gasteiger partial charge on any atom is 0.408 e. The SMILES string of the molecule is CCC#CCCCC(C)(O)/C=C/[C@H](NC(=O)OCc1ccccc1)C(C)=O. The standard InChI is InChI=1S/C22H29NO4/c1-4-5-6-7-11-15-22(3,26)16-14-20(18(2)24)23-21(25)27-17-19-12-9-8-10-13-19/h8-10,12-14,16,20,26H,4,7,11,15,17H2,1-3H3,(H,23,25)/b16-14+/t20-,22?/m0/s1. The van der Waals surface area contributed by atoms with Gasteiger partial charge >= 0.3 is 6.09 Å². The number of ether oxygens (including phenoxy) is 1. The molecule has 1 aromatic carbocycles. The first-order valence-electron chi connectivity index (χ1n) is 9.19. The van der Waals surface area contributed by atoms with E-state index >= 15 is 0 Å². The monoisotopic (exact) mass is 371 g/mol. The van der Waals surface area contributed by atoms with E-state index < -0.39 is 17.7 Å². The Bertz CT molecular complexity index is 683. The molecule has 1 aromatic rings. The fraction of sp³-hybridized carbons (Fsp3) is 0.455. The molecule has 2 atom stereocenters. The molecule has 1 amide bonds. The van der Waals surface area contributed by atoms with Crippen LogP contribution in [0.3, 0.4) is 0 Å². The lowest BCUT2D eigenvalue weighted by atomic mass is 9.97. The van der Waals surface area contributed by atoms with Crippen molar-refractivity contribution >= 4 is 11.9 Å². The predicted molar refractivity (Wildman–Crippen MR) is 106 cm³/mol. The van der Waals surface area contributed by atoms with Crippen LogP contribution >= 0.6 is 0 Å². The van der Waals surface area contributed by atoms with Gasteiger partial charge in [-0.2, -0.15) is 0 Å². The van der Waals surface area contributed by atoms with Crippen molar-refractivity contribution in [2.45, 2.75) is 64.7 Å². The molecule has 0 heterocycles. The molecule has 0 fully saturated rings. The molecule has 0 aliphatic carbocycles. The summed E-state index contributed by atoms with van der Waals surface area (Å²) >= 11 is 0. The second-order valence-electron chi connectivity index (χ2n) is 6.57. The summed E-state index contributed by atoms with van der Waals surface area (Å²) in [6.07, 6.45) is 5.18. The van der Waals surface area contributed by atoms with E-state index in [0.29, 0.717) is 6.42 Å². The molecule has 5 nitrogen and oxygen atoms in total. The van der Waals surface area contributed by atoms with Crippen LogP contribution in [0.2, 0.25) is 0 Å². The normalized spacial score (nSPS) is 13.9. The average molecular weight is 371 g/mol. The number of carbonyl (C=O) groups excluding carboxylic acids is 2. The van der Waals surface area contributed by atoms with Crippen LogP contribution in [0.5, 0.6) is 0 Å². The minimum absolute atomic E-state index is 0.123. The van der Waals surface area contributed by atoms with Gasteiger partial charge in [0.05, 0.1) is 5.60 Å². The van der Waals surface area contributed by atoms with Crippen molar-refractivity contribution in [2.24, 2.45) is 0 Å². The van der Waals surface area contributed by atoms with Gasteiger partial charge in [-0.3, -0.25) is 4.79 Å². The summed E-state index contributed by atoms with van der Waals surface area (Å²) in [7, 11) is 0. The maximum absolute atomic E-state index is 11.9. The summed E-state index contributed by atoms with van der Waals surface area (Å²) in [6.45, 7) is 5.16. The molecule has 1 rings (SSSR count). The van der Waals surface area contributed by atoms with E-state index in [1.165, 1.54) is 13.0 Å². The number of nitrogens with one attached hydrogen (secondary N) is 1. The highest BCUT2D eigenvalue weighted by Gasteiger charge is 2.19. The molecule has 0 bridgehead atoms. The van der Waals surface area contributed by atoms with Gasteiger partial charge in [-0.1, -0.05) is 49.4 Å². The summed E-state index contributed by atoms with van der Waals surface area (Å²) < 4.78 is 5.13. The molecule has 27 heavy (non-hydrogen) atoms. The topological polar surface area (TPSA) is 75.6 Å². The van der Waals surface area contributed by atoms with Crippen LogP contribution in [-0.2, 0) is 16.1 Å². The zero-order chi connectivity index (χ0) is 20.1. The van der Waals surface area contributed by atoms with Gasteiger partial charge in [-0.15, -0.1) is 11.8 Å². The third-order valence-corrected chi connectivity index (χ3v) is 3.86. The number of Topliss-reactive ketones (excluding diaryl/α,β-unsaturated/α-hetero) is 1. The summed E-state index contributed by atoms with van der Waals surface area (Å²) in [4.78, 5) is 23.7. The molecule has 0 spiro atoms. The van der Waals surface area contributed by atoms with E-state index in [1.54, 1.807) is 13.0 Å². The van der Waals surface area contributed by atoms with Crippen molar-refractivity contribution in [3.8, 4) is 11.8 Å². The lowest BCUT2D eigenvalue weighted by Gasteiger charge is -2.20. The van der Waals surface area contributed by atoms with E-state index in [2.05, 4.69) is 17.2 Å². The zero-order valence-electron chi connectivity index (χ0n) is 16.3. The number of rotatable bonds is 9. The quantitative estimate of drug-likeness (QED) is 0.394. The summed E-state index contributed by atoms with van der Waals surface area (Å²) in [5.41, 5.74) is -0.214. The highest BCUT2D eigenvalue weighted by atomic mass is 16.5. The van der Waals surface area contributed by atoms with Crippen molar-refractivity contribution in [1.82, 2.24) is 5.32 Å². The fourth-order valence-corrected chi connectivity index (χ4v) is 2.31. The number of ketones is 1. The van der Waals surface area contributed by atoms with E-state index in [1.807, 2.05) is 37.3 Å². The van der Waals surface area contributed by atoms with E-state index in [9.17, 15) is 14.7 Å². The number of hydrogen-bond acceptors (Lipinski definition) is 4. The first kappa shape index (κ1) is 22.5. The van der Waals surface area contributed by atoms with Crippen LogP contribution in [0, 0.1) is 11.8 Å². The van der Waals surface area contributed by atoms with Gasteiger partial charge in [-0.05, 0) is 32.3 Å². The largest absolute Gasteiger partial charge is 0.445 e. The molecule has 5 heteroatoms. The number of aliphatic hydroxyl groups is 1. The van der Waals surface area contributed by atoms with Crippen LogP contribution in [0.25, 0.3) is 0 Å². The van der Waals surface area contributed by atoms with Crippen molar-refractivity contribution in [3.63, 3.8) is 0 Å². The Hall–Kier alpha value is -2.58. The molecule has 146 valence electrons. The summed E-state index contributed by atoms with van der Waals surface area (Å²) in [5, 5.41) is 12.9. The van der Waals surface area contributed by atoms with Gasteiger partial charge in [0.2, 0.25) is 0 Å². The molecule has 2 N–H and O–H groups in total. The molecule has 0 aromatic heterocycles. The third-order valence-electron chi connectivity index (χ3n) is 3.86. The zero-order valence-corrected chi connectivity index (χ0v) is 16.3.